The van der Waals surface area contributed by atoms with Gasteiger partial charge >= 0.3 is 0 Å². The Labute approximate surface area is 152 Å². The van der Waals surface area contributed by atoms with E-state index in [4.69, 9.17) is 0 Å². The number of likely N-dealkylation sites (N-methyl/N-ethyl adjacent to an activating group) is 1. The first-order valence-corrected chi connectivity index (χ1v) is 9.69. The van der Waals surface area contributed by atoms with Gasteiger partial charge in [0.15, 0.2) is 11.5 Å². The van der Waals surface area contributed by atoms with Crippen molar-refractivity contribution in [2.45, 2.75) is 4.90 Å². The van der Waals surface area contributed by atoms with Crippen LogP contribution in [0.2, 0.25) is 0 Å². The highest BCUT2D eigenvalue weighted by Gasteiger charge is 2.41. The summed E-state index contributed by atoms with van der Waals surface area (Å²) in [7, 11) is -2.79. The molecule has 0 aromatic carbocycles. The molecule has 0 saturated carbocycles. The molecule has 10 heteroatoms. The van der Waals surface area contributed by atoms with Crippen molar-refractivity contribution < 1.29 is 18.3 Å². The lowest BCUT2D eigenvalue weighted by molar-refractivity contribution is -0.113. The summed E-state index contributed by atoms with van der Waals surface area (Å²) in [5, 5.41) is 13.6. The molecular formula is C16H12N4O4S2. The van der Waals surface area contributed by atoms with E-state index in [1.165, 1.54) is 19.4 Å². The number of carbonyl (C=O) groups excluding carboxylic acids is 1. The molecule has 0 bridgehead atoms. The molecule has 4 heterocycles. The molecule has 132 valence electrons. The van der Waals surface area contributed by atoms with Crippen molar-refractivity contribution >= 4 is 49.1 Å². The lowest BCUT2D eigenvalue weighted by atomic mass is 10.2. The minimum Gasteiger partial charge on any atom is -0.504 e. The van der Waals surface area contributed by atoms with Crippen LogP contribution in [0.3, 0.4) is 0 Å². The van der Waals surface area contributed by atoms with Crippen LogP contribution in [-0.4, -0.2) is 40.8 Å². The van der Waals surface area contributed by atoms with Crippen LogP contribution in [0.5, 0.6) is 0 Å². The van der Waals surface area contributed by atoms with E-state index in [-0.39, 0.29) is 21.3 Å². The molecule has 1 amide bonds. The smallest absolute Gasteiger partial charge is 0.278 e. The molecule has 0 saturated heterocycles. The third-order valence-electron chi connectivity index (χ3n) is 3.92. The predicted octanol–water partition coefficient (Wildman–Crippen LogP) is 2.19. The number of nitrogens with zero attached hydrogens (tertiary/aromatic N) is 3. The van der Waals surface area contributed by atoms with Crippen molar-refractivity contribution in [3.8, 4) is 0 Å². The standard InChI is InChI=1S/C16H12N4O4S2/c1-20-11(15(22)19-10-6-2-3-7-17-10)12(21)13-14(26(20,23)24)9-5-4-8-18-16(9)25-13/h2-8,21H,1H3,(H,17,19,22). The summed E-state index contributed by atoms with van der Waals surface area (Å²) in [4.78, 5) is 21.2. The summed E-state index contributed by atoms with van der Waals surface area (Å²) >= 11 is 1.02. The number of amides is 1. The molecular weight excluding hydrogens is 376 g/mol. The lowest BCUT2D eigenvalue weighted by Crippen LogP contribution is -2.36. The number of fused-ring (bicyclic) bond motifs is 3. The van der Waals surface area contributed by atoms with Crippen LogP contribution < -0.4 is 5.32 Å². The summed E-state index contributed by atoms with van der Waals surface area (Å²) in [5.74, 6) is -0.940. The zero-order valence-corrected chi connectivity index (χ0v) is 15.0. The first-order valence-electron chi connectivity index (χ1n) is 7.43. The Hall–Kier alpha value is -2.98. The van der Waals surface area contributed by atoms with Gasteiger partial charge in [0.1, 0.15) is 15.5 Å². The van der Waals surface area contributed by atoms with E-state index in [0.717, 1.165) is 15.6 Å². The average molecular weight is 388 g/mol. The topological polar surface area (TPSA) is 112 Å². The number of aromatic nitrogens is 2. The molecule has 0 spiro atoms. The van der Waals surface area contributed by atoms with Crippen molar-refractivity contribution in [1.29, 1.82) is 0 Å². The third kappa shape index (κ3) is 2.34. The van der Waals surface area contributed by atoms with Crippen LogP contribution in [0.1, 0.15) is 4.88 Å². The van der Waals surface area contributed by atoms with Gasteiger partial charge in [0.25, 0.3) is 15.9 Å². The van der Waals surface area contributed by atoms with Crippen molar-refractivity contribution in [2.24, 2.45) is 0 Å². The Morgan fingerprint density at radius 1 is 1.19 bits per heavy atom. The number of rotatable bonds is 2. The quantitative estimate of drug-likeness (QED) is 0.696. The van der Waals surface area contributed by atoms with E-state index in [1.807, 2.05) is 0 Å². The fourth-order valence-electron chi connectivity index (χ4n) is 2.70. The fraction of sp³-hybridized carbons (Fsp3) is 0.0625. The largest absolute Gasteiger partial charge is 0.504 e. The van der Waals surface area contributed by atoms with E-state index in [9.17, 15) is 18.3 Å². The number of thiophene rings is 1. The number of carbonyl (C=O) groups is 1. The maximum Gasteiger partial charge on any atom is 0.278 e. The van der Waals surface area contributed by atoms with E-state index in [2.05, 4.69) is 15.3 Å². The van der Waals surface area contributed by atoms with Crippen molar-refractivity contribution in [2.75, 3.05) is 12.4 Å². The Kier molecular flexibility index (Phi) is 3.67. The van der Waals surface area contributed by atoms with Gasteiger partial charge < -0.3 is 10.4 Å². The summed E-state index contributed by atoms with van der Waals surface area (Å²) in [6, 6.07) is 8.15. The molecule has 1 aliphatic heterocycles. The van der Waals surface area contributed by atoms with Crippen LogP contribution in [0.15, 0.2) is 53.3 Å². The fourth-order valence-corrected chi connectivity index (χ4v) is 5.64. The number of anilines is 1. The number of hydrogen-bond acceptors (Lipinski definition) is 7. The SMILES string of the molecule is CN1C(C(=O)Nc2ccccn2)=C(O)c2sc3ncccc3c2S1(=O)=O. The van der Waals surface area contributed by atoms with Crippen molar-refractivity contribution in [3.63, 3.8) is 0 Å². The summed E-state index contributed by atoms with van der Waals surface area (Å²) < 4.78 is 26.7. The minimum atomic E-state index is -4.02. The second kappa shape index (κ2) is 5.78. The molecule has 4 rings (SSSR count). The van der Waals surface area contributed by atoms with Gasteiger partial charge in [0, 0.05) is 24.8 Å². The van der Waals surface area contributed by atoms with Crippen LogP contribution >= 0.6 is 11.3 Å². The van der Waals surface area contributed by atoms with Gasteiger partial charge in [-0.15, -0.1) is 11.3 Å². The number of pyridine rings is 2. The van der Waals surface area contributed by atoms with Gasteiger partial charge in [-0.2, -0.15) is 0 Å². The van der Waals surface area contributed by atoms with Gasteiger partial charge in [-0.3, -0.25) is 9.10 Å². The summed E-state index contributed by atoms with van der Waals surface area (Å²) in [6.07, 6.45) is 3.02. The first kappa shape index (κ1) is 16.5. The van der Waals surface area contributed by atoms with Crippen molar-refractivity contribution in [3.05, 3.63) is 53.3 Å². The number of hydrogen-bond donors (Lipinski definition) is 2. The van der Waals surface area contributed by atoms with Crippen LogP contribution in [0, 0.1) is 0 Å². The molecule has 0 radical (unpaired) electrons. The maximum atomic E-state index is 13.0. The molecule has 1 aliphatic rings. The van der Waals surface area contributed by atoms with Crippen LogP contribution in [-0.2, 0) is 14.8 Å². The highest BCUT2D eigenvalue weighted by Crippen LogP contribution is 2.43. The molecule has 26 heavy (non-hydrogen) atoms. The van der Waals surface area contributed by atoms with Gasteiger partial charge in [-0.05, 0) is 24.3 Å². The third-order valence-corrected chi connectivity index (χ3v) is 7.01. The average Bonchev–Trinajstić information content (AvgIpc) is 3.02. The van der Waals surface area contributed by atoms with Crippen LogP contribution in [0.4, 0.5) is 5.82 Å². The van der Waals surface area contributed by atoms with Gasteiger partial charge in [0.2, 0.25) is 0 Å². The predicted molar refractivity (Wildman–Crippen MR) is 97.0 cm³/mol. The van der Waals surface area contributed by atoms with Gasteiger partial charge in [-0.1, -0.05) is 6.07 Å². The normalized spacial score (nSPS) is 15.8. The Balaban J connectivity index is 1.90. The summed E-state index contributed by atoms with van der Waals surface area (Å²) in [6.45, 7) is 0. The monoisotopic (exact) mass is 388 g/mol. The number of sulfonamides is 1. The maximum absolute atomic E-state index is 13.0. The van der Waals surface area contributed by atoms with E-state index in [0.29, 0.717) is 10.2 Å². The number of aliphatic hydroxyl groups is 1. The highest BCUT2D eigenvalue weighted by atomic mass is 32.2. The zero-order chi connectivity index (χ0) is 18.5. The number of nitrogens with one attached hydrogen (secondary N) is 1. The highest BCUT2D eigenvalue weighted by molar-refractivity contribution is 7.89. The van der Waals surface area contributed by atoms with Gasteiger partial charge in [0.05, 0.1) is 4.88 Å². The Bertz CT molecular complexity index is 1170. The molecule has 0 atom stereocenters. The molecule has 0 aliphatic carbocycles. The molecule has 3 aromatic heterocycles. The lowest BCUT2D eigenvalue weighted by Gasteiger charge is -2.26. The van der Waals surface area contributed by atoms with Crippen molar-refractivity contribution in [1.82, 2.24) is 14.3 Å². The minimum absolute atomic E-state index is 0.0417. The second-order valence-corrected chi connectivity index (χ2v) is 8.36. The Morgan fingerprint density at radius 3 is 2.69 bits per heavy atom. The van der Waals surface area contributed by atoms with E-state index >= 15 is 0 Å². The second-order valence-electron chi connectivity index (χ2n) is 5.46. The summed E-state index contributed by atoms with van der Waals surface area (Å²) in [5.41, 5.74) is -0.366. The molecule has 3 aromatic rings. The molecule has 2 N–H and O–H groups in total. The molecule has 0 fully saturated rings. The van der Waals surface area contributed by atoms with E-state index in [1.54, 1.807) is 30.3 Å². The van der Waals surface area contributed by atoms with E-state index < -0.39 is 21.7 Å². The zero-order valence-electron chi connectivity index (χ0n) is 13.4. The molecule has 0 unspecified atom stereocenters. The molecule has 8 nitrogen and oxygen atoms in total. The van der Waals surface area contributed by atoms with Crippen LogP contribution in [0.25, 0.3) is 16.0 Å². The number of aliphatic hydroxyl groups excluding tert-OH is 1. The van der Waals surface area contributed by atoms with Gasteiger partial charge in [-0.25, -0.2) is 18.4 Å². The Morgan fingerprint density at radius 2 is 1.96 bits per heavy atom. The first-order chi connectivity index (χ1) is 12.4.